The highest BCUT2D eigenvalue weighted by Crippen LogP contribution is 2.19. The van der Waals surface area contributed by atoms with Crippen LogP contribution in [0, 0.1) is 0 Å². The first-order valence-electron chi connectivity index (χ1n) is 6.37. The van der Waals surface area contributed by atoms with Gasteiger partial charge in [0.05, 0.1) is 11.3 Å². The van der Waals surface area contributed by atoms with Gasteiger partial charge in [0.2, 0.25) is 0 Å². The Kier molecular flexibility index (Phi) is 3.97. The molecule has 106 valence electrons. The van der Waals surface area contributed by atoms with E-state index in [9.17, 15) is 4.79 Å². The first kappa shape index (κ1) is 13.4. The Hall–Kier alpha value is -2.60. The molecule has 3 aromatic rings. The number of nitrogens with zero attached hydrogens (tertiary/aromatic N) is 1. The number of nitrogens with one attached hydrogen (secondary N) is 2. The summed E-state index contributed by atoms with van der Waals surface area (Å²) in [5, 5.41) is 8.28. The molecule has 6 heteroatoms. The summed E-state index contributed by atoms with van der Waals surface area (Å²) in [7, 11) is 0. The molecule has 3 heterocycles. The number of carbonyl (C=O) groups excluding carboxylic acids is 1. The van der Waals surface area contributed by atoms with Gasteiger partial charge in [-0.2, -0.15) is 0 Å². The number of anilines is 1. The smallest absolute Gasteiger partial charge is 0.320 e. The van der Waals surface area contributed by atoms with Crippen LogP contribution in [-0.4, -0.2) is 11.0 Å². The summed E-state index contributed by atoms with van der Waals surface area (Å²) in [6.07, 6.45) is 5.07. The minimum atomic E-state index is -0.235. The molecular weight excluding hydrogens is 286 g/mol. The van der Waals surface area contributed by atoms with E-state index in [0.29, 0.717) is 6.54 Å². The second-order valence-corrected chi connectivity index (χ2v) is 5.29. The van der Waals surface area contributed by atoms with Crippen molar-refractivity contribution in [1.29, 1.82) is 0 Å². The van der Waals surface area contributed by atoms with Gasteiger partial charge in [-0.05, 0) is 41.3 Å². The molecule has 0 saturated heterocycles. The second-order valence-electron chi connectivity index (χ2n) is 4.34. The maximum Gasteiger partial charge on any atom is 0.320 e. The Bertz CT molecular complexity index is 708. The van der Waals surface area contributed by atoms with E-state index in [4.69, 9.17) is 4.42 Å². The van der Waals surface area contributed by atoms with Gasteiger partial charge in [-0.15, -0.1) is 11.3 Å². The molecule has 0 unspecified atom stereocenters. The summed E-state index contributed by atoms with van der Waals surface area (Å²) in [6, 6.07) is 9.14. The van der Waals surface area contributed by atoms with Gasteiger partial charge >= 0.3 is 6.03 Å². The predicted octanol–water partition coefficient (Wildman–Crippen LogP) is 3.72. The minimum Gasteiger partial charge on any atom is -0.464 e. The van der Waals surface area contributed by atoms with Crippen LogP contribution < -0.4 is 10.6 Å². The van der Waals surface area contributed by atoms with Crippen LogP contribution in [0.15, 0.2) is 58.8 Å². The fourth-order valence-corrected chi connectivity index (χ4v) is 2.46. The molecule has 0 aliphatic carbocycles. The van der Waals surface area contributed by atoms with Gasteiger partial charge in [0.1, 0.15) is 5.76 Å². The fourth-order valence-electron chi connectivity index (χ4n) is 1.85. The molecule has 0 aliphatic rings. The van der Waals surface area contributed by atoms with Crippen molar-refractivity contribution in [1.82, 2.24) is 10.3 Å². The molecule has 2 N–H and O–H groups in total. The third-order valence-corrected chi connectivity index (χ3v) is 3.60. The predicted molar refractivity (Wildman–Crippen MR) is 82.1 cm³/mol. The molecule has 0 spiro atoms. The number of urea groups is 1. The van der Waals surface area contributed by atoms with Crippen LogP contribution in [-0.2, 0) is 6.54 Å². The lowest BCUT2D eigenvalue weighted by Gasteiger charge is -2.06. The number of hydrogen-bond donors (Lipinski definition) is 2. The monoisotopic (exact) mass is 299 g/mol. The van der Waals surface area contributed by atoms with Crippen LogP contribution in [0.1, 0.15) is 5.56 Å². The largest absolute Gasteiger partial charge is 0.464 e. The van der Waals surface area contributed by atoms with Crippen LogP contribution in [0.4, 0.5) is 9.80 Å². The second kappa shape index (κ2) is 6.23. The van der Waals surface area contributed by atoms with Crippen molar-refractivity contribution in [3.8, 4) is 11.3 Å². The van der Waals surface area contributed by atoms with Crippen molar-refractivity contribution in [2.24, 2.45) is 0 Å². The molecule has 0 aromatic carbocycles. The molecule has 5 nitrogen and oxygen atoms in total. The number of carbonyl (C=O) groups is 1. The molecule has 0 fully saturated rings. The summed E-state index contributed by atoms with van der Waals surface area (Å²) < 4.78 is 5.33. The lowest BCUT2D eigenvalue weighted by atomic mass is 10.1. The van der Waals surface area contributed by atoms with E-state index in [2.05, 4.69) is 15.6 Å². The zero-order chi connectivity index (χ0) is 14.5. The van der Waals surface area contributed by atoms with Crippen LogP contribution in [0.25, 0.3) is 11.3 Å². The van der Waals surface area contributed by atoms with Crippen LogP contribution >= 0.6 is 11.3 Å². The standard InChI is InChI=1S/C15H13N3O2S/c19-15(18-14-4-2-6-21-14)17-9-11-7-12(10-16-8-11)13-3-1-5-20-13/h1-8,10H,9H2,(H2,17,18,19). The van der Waals surface area contributed by atoms with E-state index in [1.54, 1.807) is 18.7 Å². The van der Waals surface area contributed by atoms with E-state index < -0.39 is 0 Å². The third-order valence-electron chi connectivity index (χ3n) is 2.81. The molecule has 0 bridgehead atoms. The molecule has 0 radical (unpaired) electrons. The van der Waals surface area contributed by atoms with Gasteiger partial charge in [0, 0.05) is 24.5 Å². The molecule has 3 rings (SSSR count). The van der Waals surface area contributed by atoms with Gasteiger partial charge in [-0.25, -0.2) is 4.79 Å². The van der Waals surface area contributed by atoms with Gasteiger partial charge < -0.3 is 9.73 Å². The van der Waals surface area contributed by atoms with Crippen molar-refractivity contribution >= 4 is 22.4 Å². The van der Waals surface area contributed by atoms with Crippen molar-refractivity contribution < 1.29 is 9.21 Å². The first-order chi connectivity index (χ1) is 10.3. The molecule has 0 atom stereocenters. The molecule has 0 saturated carbocycles. The SMILES string of the molecule is O=C(NCc1cncc(-c2ccco2)c1)Nc1cccs1. The fraction of sp³-hybridized carbons (Fsp3) is 0.0667. The van der Waals surface area contributed by atoms with Crippen molar-refractivity contribution in [3.05, 3.63) is 59.9 Å². The van der Waals surface area contributed by atoms with Crippen molar-refractivity contribution in [3.63, 3.8) is 0 Å². The Morgan fingerprint density at radius 2 is 2.24 bits per heavy atom. The summed E-state index contributed by atoms with van der Waals surface area (Å²) in [5.41, 5.74) is 1.79. The topological polar surface area (TPSA) is 67.2 Å². The Morgan fingerprint density at radius 3 is 3.00 bits per heavy atom. The van der Waals surface area contributed by atoms with Crippen molar-refractivity contribution in [2.75, 3.05) is 5.32 Å². The van der Waals surface area contributed by atoms with Gasteiger partial charge in [-0.1, -0.05) is 0 Å². The molecule has 3 aromatic heterocycles. The lowest BCUT2D eigenvalue weighted by Crippen LogP contribution is -2.27. The highest BCUT2D eigenvalue weighted by Gasteiger charge is 2.05. The zero-order valence-electron chi connectivity index (χ0n) is 11.1. The molecule has 21 heavy (non-hydrogen) atoms. The number of amides is 2. The molecule has 2 amide bonds. The average Bonchev–Trinajstić information content (AvgIpc) is 3.19. The van der Waals surface area contributed by atoms with Crippen LogP contribution in [0.5, 0.6) is 0 Å². The first-order valence-corrected chi connectivity index (χ1v) is 7.25. The maximum atomic E-state index is 11.7. The molecule has 0 aliphatic heterocycles. The minimum absolute atomic E-state index is 0.235. The Morgan fingerprint density at radius 1 is 1.29 bits per heavy atom. The van der Waals surface area contributed by atoms with Crippen LogP contribution in [0.2, 0.25) is 0 Å². The zero-order valence-corrected chi connectivity index (χ0v) is 11.9. The van der Waals surface area contributed by atoms with E-state index in [1.807, 2.05) is 35.7 Å². The third kappa shape index (κ3) is 3.49. The number of rotatable bonds is 4. The van der Waals surface area contributed by atoms with Crippen LogP contribution in [0.3, 0.4) is 0 Å². The summed E-state index contributed by atoms with van der Waals surface area (Å²) in [5.74, 6) is 0.757. The van der Waals surface area contributed by atoms with Gasteiger partial charge in [0.25, 0.3) is 0 Å². The summed E-state index contributed by atoms with van der Waals surface area (Å²) in [6.45, 7) is 0.402. The number of furan rings is 1. The number of thiophene rings is 1. The van der Waals surface area contributed by atoms with Gasteiger partial charge in [-0.3, -0.25) is 10.3 Å². The quantitative estimate of drug-likeness (QED) is 0.771. The van der Waals surface area contributed by atoms with E-state index in [-0.39, 0.29) is 6.03 Å². The highest BCUT2D eigenvalue weighted by molar-refractivity contribution is 7.14. The highest BCUT2D eigenvalue weighted by atomic mass is 32.1. The van der Waals surface area contributed by atoms with Gasteiger partial charge in [0.15, 0.2) is 0 Å². The number of hydrogen-bond acceptors (Lipinski definition) is 4. The number of aromatic nitrogens is 1. The van der Waals surface area contributed by atoms with E-state index in [0.717, 1.165) is 21.9 Å². The Balaban J connectivity index is 1.60. The summed E-state index contributed by atoms with van der Waals surface area (Å²) in [4.78, 5) is 15.9. The van der Waals surface area contributed by atoms with E-state index >= 15 is 0 Å². The summed E-state index contributed by atoms with van der Waals surface area (Å²) >= 11 is 1.48. The Labute approximate surface area is 125 Å². The van der Waals surface area contributed by atoms with Crippen molar-refractivity contribution in [2.45, 2.75) is 6.54 Å². The number of pyridine rings is 1. The molecular formula is C15H13N3O2S. The lowest BCUT2D eigenvalue weighted by molar-refractivity contribution is 0.252. The van der Waals surface area contributed by atoms with E-state index in [1.165, 1.54) is 11.3 Å². The average molecular weight is 299 g/mol. The normalized spacial score (nSPS) is 10.3. The maximum absolute atomic E-state index is 11.7.